The highest BCUT2D eigenvalue weighted by Crippen LogP contribution is 2.25. The largest absolute Gasteiger partial charge is 0.354 e. The molecule has 0 atom stereocenters. The van der Waals surface area contributed by atoms with Crippen molar-refractivity contribution in [2.24, 2.45) is 0 Å². The zero-order valence-corrected chi connectivity index (χ0v) is 13.0. The number of hydrogen-bond acceptors (Lipinski definition) is 3. The minimum Gasteiger partial charge on any atom is -0.354 e. The summed E-state index contributed by atoms with van der Waals surface area (Å²) in [5.74, 6) is 0.829. The van der Waals surface area contributed by atoms with Crippen LogP contribution in [-0.4, -0.2) is 18.1 Å². The maximum Gasteiger partial charge on any atom is 0.147 e. The summed E-state index contributed by atoms with van der Waals surface area (Å²) in [6.45, 7) is 1.65. The van der Waals surface area contributed by atoms with Crippen LogP contribution in [0.2, 0.25) is 5.02 Å². The molecule has 1 fully saturated rings. The van der Waals surface area contributed by atoms with Crippen LogP contribution in [0.3, 0.4) is 0 Å². The lowest BCUT2D eigenvalue weighted by molar-refractivity contribution is 0.685. The Kier molecular flexibility index (Phi) is 4.42. The number of hydrogen-bond donors (Lipinski definition) is 1. The molecule has 0 aliphatic heterocycles. The molecule has 1 aromatic carbocycles. The quantitative estimate of drug-likeness (QED) is 0.883. The molecule has 0 spiro atoms. The maximum atomic E-state index is 6.39. The summed E-state index contributed by atoms with van der Waals surface area (Å²) in [6, 6.07) is 13.0. The van der Waals surface area contributed by atoms with Crippen molar-refractivity contribution in [3.63, 3.8) is 0 Å². The number of rotatable bonds is 6. The second-order valence-electron chi connectivity index (χ2n) is 5.65. The minimum absolute atomic E-state index is 0.698. The van der Waals surface area contributed by atoms with Gasteiger partial charge in [0.25, 0.3) is 0 Å². The van der Waals surface area contributed by atoms with Gasteiger partial charge in [-0.3, -0.25) is 0 Å². The Morgan fingerprint density at radius 1 is 1.24 bits per heavy atom. The van der Waals surface area contributed by atoms with Crippen LogP contribution in [0, 0.1) is 0 Å². The number of pyridine rings is 1. The molecule has 1 aliphatic rings. The van der Waals surface area contributed by atoms with Crippen LogP contribution < -0.4 is 10.2 Å². The van der Waals surface area contributed by atoms with E-state index in [-0.39, 0.29) is 0 Å². The van der Waals surface area contributed by atoms with Gasteiger partial charge in [-0.05, 0) is 30.0 Å². The third-order valence-corrected chi connectivity index (χ3v) is 3.95. The number of benzene rings is 1. The molecule has 0 unspecified atom stereocenters. The molecule has 1 aliphatic carbocycles. The van der Waals surface area contributed by atoms with Crippen molar-refractivity contribution in [1.82, 2.24) is 10.3 Å². The summed E-state index contributed by atoms with van der Waals surface area (Å²) in [7, 11) is 2.02. The summed E-state index contributed by atoms with van der Waals surface area (Å²) >= 11 is 6.39. The fourth-order valence-electron chi connectivity index (χ4n) is 2.33. The predicted octanol–water partition coefficient (Wildman–Crippen LogP) is 3.62. The Hall–Kier alpha value is -1.58. The lowest BCUT2D eigenvalue weighted by atomic mass is 10.2. The monoisotopic (exact) mass is 301 g/mol. The number of nitrogens with zero attached hydrogens (tertiary/aromatic N) is 2. The lowest BCUT2D eigenvalue weighted by Crippen LogP contribution is -2.19. The second-order valence-corrected chi connectivity index (χ2v) is 6.05. The smallest absolute Gasteiger partial charge is 0.147 e. The van der Waals surface area contributed by atoms with E-state index >= 15 is 0 Å². The van der Waals surface area contributed by atoms with Gasteiger partial charge in [0.1, 0.15) is 5.82 Å². The van der Waals surface area contributed by atoms with Gasteiger partial charge in [0.05, 0.1) is 5.02 Å². The van der Waals surface area contributed by atoms with Gasteiger partial charge in [0.15, 0.2) is 0 Å². The van der Waals surface area contributed by atoms with E-state index in [1.807, 2.05) is 37.5 Å². The summed E-state index contributed by atoms with van der Waals surface area (Å²) in [4.78, 5) is 6.61. The molecule has 110 valence electrons. The Morgan fingerprint density at radius 3 is 2.67 bits per heavy atom. The molecule has 0 amide bonds. The lowest BCUT2D eigenvalue weighted by Gasteiger charge is -2.20. The van der Waals surface area contributed by atoms with Crippen molar-refractivity contribution in [3.8, 4) is 0 Å². The van der Waals surface area contributed by atoms with Gasteiger partial charge >= 0.3 is 0 Å². The summed E-state index contributed by atoms with van der Waals surface area (Å²) in [6.07, 6.45) is 4.50. The first kappa shape index (κ1) is 14.4. The molecule has 4 heteroatoms. The van der Waals surface area contributed by atoms with Crippen LogP contribution in [0.1, 0.15) is 24.0 Å². The van der Waals surface area contributed by atoms with E-state index in [1.165, 1.54) is 18.4 Å². The van der Waals surface area contributed by atoms with E-state index in [0.717, 1.165) is 24.5 Å². The van der Waals surface area contributed by atoms with Gasteiger partial charge in [-0.2, -0.15) is 0 Å². The molecule has 0 saturated heterocycles. The molecule has 0 bridgehead atoms. The number of aromatic nitrogens is 1. The van der Waals surface area contributed by atoms with Gasteiger partial charge in [-0.25, -0.2) is 4.98 Å². The third kappa shape index (κ3) is 3.96. The second kappa shape index (κ2) is 6.46. The molecule has 21 heavy (non-hydrogen) atoms. The van der Waals surface area contributed by atoms with Crippen molar-refractivity contribution in [3.05, 3.63) is 58.7 Å². The topological polar surface area (TPSA) is 28.2 Å². The fourth-order valence-corrected chi connectivity index (χ4v) is 2.66. The molecule has 0 radical (unpaired) electrons. The van der Waals surface area contributed by atoms with Crippen molar-refractivity contribution in [1.29, 1.82) is 0 Å². The highest BCUT2D eigenvalue weighted by atomic mass is 35.5. The highest BCUT2D eigenvalue weighted by molar-refractivity contribution is 6.33. The Labute approximate surface area is 131 Å². The molecule has 1 aromatic heterocycles. The van der Waals surface area contributed by atoms with Crippen molar-refractivity contribution in [2.45, 2.75) is 32.0 Å². The van der Waals surface area contributed by atoms with Crippen LogP contribution >= 0.6 is 11.6 Å². The SMILES string of the molecule is CN(Cc1ccccc1)c1ncc(CNC2CC2)cc1Cl. The molecule has 1 N–H and O–H groups in total. The van der Waals surface area contributed by atoms with E-state index in [0.29, 0.717) is 11.1 Å². The Balaban J connectivity index is 1.66. The van der Waals surface area contributed by atoms with Gasteiger partial charge in [0.2, 0.25) is 0 Å². The average Bonchev–Trinajstić information content (AvgIpc) is 3.30. The Morgan fingerprint density at radius 2 is 2.00 bits per heavy atom. The normalized spacial score (nSPS) is 14.2. The first-order valence-corrected chi connectivity index (χ1v) is 7.73. The van der Waals surface area contributed by atoms with Crippen molar-refractivity contribution < 1.29 is 0 Å². The fraction of sp³-hybridized carbons (Fsp3) is 0.353. The van der Waals surface area contributed by atoms with Crippen LogP contribution in [0.4, 0.5) is 5.82 Å². The molecule has 1 saturated carbocycles. The van der Waals surface area contributed by atoms with Crippen molar-refractivity contribution in [2.75, 3.05) is 11.9 Å². The molecular weight excluding hydrogens is 282 g/mol. The third-order valence-electron chi connectivity index (χ3n) is 3.67. The van der Waals surface area contributed by atoms with E-state index in [4.69, 9.17) is 11.6 Å². The summed E-state index contributed by atoms with van der Waals surface area (Å²) in [5.41, 5.74) is 2.39. The standard InChI is InChI=1S/C17H20ClN3/c1-21(12-13-5-3-2-4-6-13)17-16(18)9-14(11-20-17)10-19-15-7-8-15/h2-6,9,11,15,19H,7-8,10,12H2,1H3. The van der Waals surface area contributed by atoms with Crippen LogP contribution in [0.25, 0.3) is 0 Å². The first-order valence-electron chi connectivity index (χ1n) is 7.35. The van der Waals surface area contributed by atoms with Gasteiger partial charge < -0.3 is 10.2 Å². The molecule has 3 rings (SSSR count). The molecule has 3 nitrogen and oxygen atoms in total. The van der Waals surface area contributed by atoms with Crippen LogP contribution in [-0.2, 0) is 13.1 Å². The summed E-state index contributed by atoms with van der Waals surface area (Å²) < 4.78 is 0. The Bertz CT molecular complexity index is 596. The summed E-state index contributed by atoms with van der Waals surface area (Å²) in [5, 5.41) is 4.19. The van der Waals surface area contributed by atoms with Crippen LogP contribution in [0.15, 0.2) is 42.6 Å². The molecular formula is C17H20ClN3. The number of nitrogens with one attached hydrogen (secondary N) is 1. The van der Waals surface area contributed by atoms with E-state index < -0.39 is 0 Å². The van der Waals surface area contributed by atoms with Crippen molar-refractivity contribution >= 4 is 17.4 Å². The molecule has 2 aromatic rings. The van der Waals surface area contributed by atoms with Crippen LogP contribution in [0.5, 0.6) is 0 Å². The maximum absolute atomic E-state index is 6.39. The van der Waals surface area contributed by atoms with E-state index in [2.05, 4.69) is 27.3 Å². The van der Waals surface area contributed by atoms with Gasteiger partial charge in [-0.15, -0.1) is 0 Å². The van der Waals surface area contributed by atoms with E-state index in [1.54, 1.807) is 0 Å². The molecule has 1 heterocycles. The average molecular weight is 302 g/mol. The van der Waals surface area contributed by atoms with Gasteiger partial charge in [-0.1, -0.05) is 41.9 Å². The minimum atomic E-state index is 0.698. The van der Waals surface area contributed by atoms with Gasteiger partial charge in [0, 0.05) is 32.4 Å². The highest BCUT2D eigenvalue weighted by Gasteiger charge is 2.20. The number of anilines is 1. The zero-order valence-electron chi connectivity index (χ0n) is 12.2. The first-order chi connectivity index (χ1) is 10.2. The van der Waals surface area contributed by atoms with E-state index in [9.17, 15) is 0 Å². The zero-order chi connectivity index (χ0) is 14.7. The number of halogens is 1. The predicted molar refractivity (Wildman–Crippen MR) is 87.7 cm³/mol.